The Morgan fingerprint density at radius 1 is 1.29 bits per heavy atom. The van der Waals surface area contributed by atoms with Crippen LogP contribution in [0.3, 0.4) is 0 Å². The number of aryl methyl sites for hydroxylation is 1. The molecule has 0 aliphatic heterocycles. The zero-order valence-corrected chi connectivity index (χ0v) is 9.40. The second-order valence-electron chi connectivity index (χ2n) is 3.89. The molecule has 5 heteroatoms. The first kappa shape index (κ1) is 11.7. The topological polar surface area (TPSA) is 43.8 Å². The lowest BCUT2D eigenvalue weighted by molar-refractivity contribution is 0.529. The lowest BCUT2D eigenvalue weighted by atomic mass is 10.0. The summed E-state index contributed by atoms with van der Waals surface area (Å²) in [6.45, 7) is 0. The fourth-order valence-corrected chi connectivity index (χ4v) is 1.80. The number of aromatic nitrogens is 2. The van der Waals surface area contributed by atoms with Gasteiger partial charge in [-0.2, -0.15) is 5.10 Å². The first-order valence-corrected chi connectivity index (χ1v) is 5.26. The zero-order valence-electron chi connectivity index (χ0n) is 9.40. The highest BCUT2D eigenvalue weighted by atomic mass is 19.1. The van der Waals surface area contributed by atoms with Gasteiger partial charge in [0.25, 0.3) is 0 Å². The van der Waals surface area contributed by atoms with E-state index in [1.807, 2.05) is 0 Å². The van der Waals surface area contributed by atoms with Crippen molar-refractivity contribution in [1.29, 1.82) is 0 Å². The SMILES string of the molecule is Cn1nccc1C(N)Cc1c(F)cccc1F. The average molecular weight is 237 g/mol. The van der Waals surface area contributed by atoms with Crippen molar-refractivity contribution in [2.75, 3.05) is 0 Å². The Kier molecular flexibility index (Phi) is 3.19. The van der Waals surface area contributed by atoms with Crippen LogP contribution in [0.1, 0.15) is 17.3 Å². The van der Waals surface area contributed by atoms with E-state index in [2.05, 4.69) is 5.10 Å². The fraction of sp³-hybridized carbons (Fsp3) is 0.250. The maximum atomic E-state index is 13.4. The minimum atomic E-state index is -0.567. The summed E-state index contributed by atoms with van der Waals surface area (Å²) < 4.78 is 28.5. The van der Waals surface area contributed by atoms with Gasteiger partial charge in [-0.25, -0.2) is 8.78 Å². The van der Waals surface area contributed by atoms with Crippen LogP contribution in [0.25, 0.3) is 0 Å². The van der Waals surface area contributed by atoms with E-state index in [0.717, 1.165) is 5.69 Å². The summed E-state index contributed by atoms with van der Waals surface area (Å²) in [6, 6.07) is 5.06. The van der Waals surface area contributed by atoms with Crippen LogP contribution in [0.2, 0.25) is 0 Å². The van der Waals surface area contributed by atoms with E-state index in [9.17, 15) is 8.78 Å². The first-order chi connectivity index (χ1) is 8.09. The molecule has 90 valence electrons. The minimum Gasteiger partial charge on any atom is -0.322 e. The van der Waals surface area contributed by atoms with E-state index in [1.165, 1.54) is 18.2 Å². The van der Waals surface area contributed by atoms with Crippen molar-refractivity contribution >= 4 is 0 Å². The molecule has 3 nitrogen and oxygen atoms in total. The van der Waals surface area contributed by atoms with Crippen LogP contribution < -0.4 is 5.73 Å². The lowest BCUT2D eigenvalue weighted by Gasteiger charge is -2.13. The average Bonchev–Trinajstić information content (AvgIpc) is 2.70. The standard InChI is InChI=1S/C12H13F2N3/c1-17-12(5-6-16-17)11(15)7-8-9(13)3-2-4-10(8)14/h2-6,11H,7,15H2,1H3. The molecule has 0 spiro atoms. The van der Waals surface area contributed by atoms with Crippen molar-refractivity contribution in [2.45, 2.75) is 12.5 Å². The van der Waals surface area contributed by atoms with Crippen molar-refractivity contribution in [3.63, 3.8) is 0 Å². The molecule has 0 fully saturated rings. The van der Waals surface area contributed by atoms with Crippen LogP contribution in [-0.4, -0.2) is 9.78 Å². The quantitative estimate of drug-likeness (QED) is 0.886. The van der Waals surface area contributed by atoms with Crippen LogP contribution in [0.15, 0.2) is 30.5 Å². The van der Waals surface area contributed by atoms with E-state index < -0.39 is 17.7 Å². The summed E-state index contributed by atoms with van der Waals surface area (Å²) in [5.41, 5.74) is 6.67. The third kappa shape index (κ3) is 2.34. The Balaban J connectivity index is 2.25. The molecule has 0 bridgehead atoms. The summed E-state index contributed by atoms with van der Waals surface area (Å²) in [5.74, 6) is -1.13. The van der Waals surface area contributed by atoms with Gasteiger partial charge in [0, 0.05) is 18.8 Å². The van der Waals surface area contributed by atoms with E-state index in [-0.39, 0.29) is 12.0 Å². The number of hydrogen-bond donors (Lipinski definition) is 1. The molecule has 0 radical (unpaired) electrons. The highest BCUT2D eigenvalue weighted by molar-refractivity contribution is 5.22. The number of halogens is 2. The van der Waals surface area contributed by atoms with Crippen molar-refractivity contribution in [3.8, 4) is 0 Å². The number of rotatable bonds is 3. The van der Waals surface area contributed by atoms with Crippen LogP contribution in [0.4, 0.5) is 8.78 Å². The molecule has 1 heterocycles. The zero-order chi connectivity index (χ0) is 12.4. The van der Waals surface area contributed by atoms with Crippen LogP contribution in [-0.2, 0) is 13.5 Å². The lowest BCUT2D eigenvalue weighted by Crippen LogP contribution is -2.18. The van der Waals surface area contributed by atoms with Gasteiger partial charge in [-0.1, -0.05) is 6.07 Å². The second-order valence-corrected chi connectivity index (χ2v) is 3.89. The second kappa shape index (κ2) is 4.63. The van der Waals surface area contributed by atoms with Gasteiger partial charge >= 0.3 is 0 Å². The molecular weight excluding hydrogens is 224 g/mol. The van der Waals surface area contributed by atoms with E-state index in [0.29, 0.717) is 0 Å². The molecule has 17 heavy (non-hydrogen) atoms. The Hall–Kier alpha value is -1.75. The maximum Gasteiger partial charge on any atom is 0.129 e. The normalized spacial score (nSPS) is 12.7. The number of hydrogen-bond acceptors (Lipinski definition) is 2. The fourth-order valence-electron chi connectivity index (χ4n) is 1.80. The van der Waals surface area contributed by atoms with Gasteiger partial charge in [-0.15, -0.1) is 0 Å². The molecule has 2 aromatic rings. The summed E-state index contributed by atoms with van der Waals surface area (Å²) in [6.07, 6.45) is 1.71. The number of nitrogens with zero attached hydrogens (tertiary/aromatic N) is 2. The molecule has 0 aliphatic rings. The van der Waals surface area contributed by atoms with E-state index in [1.54, 1.807) is 24.0 Å². The van der Waals surface area contributed by atoms with Crippen LogP contribution in [0.5, 0.6) is 0 Å². The monoisotopic (exact) mass is 237 g/mol. The molecule has 1 atom stereocenters. The van der Waals surface area contributed by atoms with Crippen LogP contribution in [0, 0.1) is 11.6 Å². The predicted molar refractivity (Wildman–Crippen MR) is 60.2 cm³/mol. The number of benzene rings is 1. The van der Waals surface area contributed by atoms with Gasteiger partial charge in [0.2, 0.25) is 0 Å². The molecule has 0 aliphatic carbocycles. The van der Waals surface area contributed by atoms with E-state index in [4.69, 9.17) is 5.73 Å². The Morgan fingerprint density at radius 3 is 2.47 bits per heavy atom. The van der Waals surface area contributed by atoms with Gasteiger partial charge in [0.05, 0.1) is 11.7 Å². The molecule has 0 saturated heterocycles. The summed E-state index contributed by atoms with van der Waals surface area (Å²) in [5, 5.41) is 3.97. The molecule has 2 N–H and O–H groups in total. The minimum absolute atomic E-state index is 0.0150. The molecular formula is C12H13F2N3. The van der Waals surface area contributed by atoms with Crippen LogP contribution >= 0.6 is 0 Å². The van der Waals surface area contributed by atoms with Gasteiger partial charge in [0.15, 0.2) is 0 Å². The third-order valence-corrected chi connectivity index (χ3v) is 2.72. The summed E-state index contributed by atoms with van der Waals surface area (Å²) >= 11 is 0. The number of nitrogens with two attached hydrogens (primary N) is 1. The highest BCUT2D eigenvalue weighted by Crippen LogP contribution is 2.19. The maximum absolute atomic E-state index is 13.4. The first-order valence-electron chi connectivity index (χ1n) is 5.26. The van der Waals surface area contributed by atoms with Gasteiger partial charge in [0.1, 0.15) is 11.6 Å². The van der Waals surface area contributed by atoms with Gasteiger partial charge in [-0.3, -0.25) is 4.68 Å². The van der Waals surface area contributed by atoms with Crippen molar-refractivity contribution in [1.82, 2.24) is 9.78 Å². The van der Waals surface area contributed by atoms with Crippen molar-refractivity contribution in [2.24, 2.45) is 12.8 Å². The smallest absolute Gasteiger partial charge is 0.129 e. The Labute approximate surface area is 97.9 Å². The largest absolute Gasteiger partial charge is 0.322 e. The third-order valence-electron chi connectivity index (χ3n) is 2.72. The highest BCUT2D eigenvalue weighted by Gasteiger charge is 2.16. The summed E-state index contributed by atoms with van der Waals surface area (Å²) in [4.78, 5) is 0. The van der Waals surface area contributed by atoms with Crippen molar-refractivity contribution in [3.05, 3.63) is 53.4 Å². The Bertz CT molecular complexity index is 502. The molecule has 1 aromatic carbocycles. The van der Waals surface area contributed by atoms with Gasteiger partial charge in [-0.05, 0) is 24.6 Å². The van der Waals surface area contributed by atoms with E-state index >= 15 is 0 Å². The summed E-state index contributed by atoms with van der Waals surface area (Å²) in [7, 11) is 1.74. The molecule has 1 aromatic heterocycles. The van der Waals surface area contributed by atoms with Crippen molar-refractivity contribution < 1.29 is 8.78 Å². The molecule has 2 rings (SSSR count). The molecule has 0 saturated carbocycles. The predicted octanol–water partition coefficient (Wildman–Crippen LogP) is 1.94. The molecule has 1 unspecified atom stereocenters. The van der Waals surface area contributed by atoms with Gasteiger partial charge < -0.3 is 5.73 Å². The molecule has 0 amide bonds. The Morgan fingerprint density at radius 2 is 1.94 bits per heavy atom.